The molecular formula is C12H21ClN2O2. The molecule has 0 aromatic heterocycles. The van der Waals surface area contributed by atoms with E-state index < -0.39 is 0 Å². The Hall–Kier alpha value is -0.770. The lowest BCUT2D eigenvalue weighted by Crippen LogP contribution is -2.47. The number of alkyl halides is 1. The first-order valence-corrected chi connectivity index (χ1v) is 6.72. The number of likely N-dealkylation sites (tertiary alicyclic amines) is 1. The zero-order valence-electron chi connectivity index (χ0n) is 10.5. The molecule has 0 unspecified atom stereocenters. The highest BCUT2D eigenvalue weighted by atomic mass is 35.5. The SMILES string of the molecule is CC(C)C(=O)NC1CCN(C(=O)CCCl)CC1. The van der Waals surface area contributed by atoms with Crippen molar-refractivity contribution in [3.63, 3.8) is 0 Å². The fraction of sp³-hybridized carbons (Fsp3) is 0.833. The summed E-state index contributed by atoms with van der Waals surface area (Å²) in [6.45, 7) is 5.21. The van der Waals surface area contributed by atoms with Crippen molar-refractivity contribution in [2.75, 3.05) is 19.0 Å². The summed E-state index contributed by atoms with van der Waals surface area (Å²) in [4.78, 5) is 24.9. The summed E-state index contributed by atoms with van der Waals surface area (Å²) in [5, 5.41) is 3.01. The van der Waals surface area contributed by atoms with E-state index in [1.807, 2.05) is 18.7 Å². The average Bonchev–Trinajstić information content (AvgIpc) is 2.30. The highest BCUT2D eigenvalue weighted by Gasteiger charge is 2.23. The third-order valence-electron chi connectivity index (χ3n) is 3.03. The molecule has 0 bridgehead atoms. The predicted molar refractivity (Wildman–Crippen MR) is 67.9 cm³/mol. The molecule has 17 heavy (non-hydrogen) atoms. The van der Waals surface area contributed by atoms with Crippen molar-refractivity contribution in [3.05, 3.63) is 0 Å². The maximum Gasteiger partial charge on any atom is 0.223 e. The van der Waals surface area contributed by atoms with E-state index in [4.69, 9.17) is 11.6 Å². The fourth-order valence-electron chi connectivity index (χ4n) is 1.88. The Morgan fingerprint density at radius 1 is 1.35 bits per heavy atom. The van der Waals surface area contributed by atoms with Crippen LogP contribution >= 0.6 is 11.6 Å². The van der Waals surface area contributed by atoms with Gasteiger partial charge < -0.3 is 10.2 Å². The number of hydrogen-bond donors (Lipinski definition) is 1. The van der Waals surface area contributed by atoms with Crippen molar-refractivity contribution >= 4 is 23.4 Å². The minimum Gasteiger partial charge on any atom is -0.353 e. The first-order chi connectivity index (χ1) is 8.04. The van der Waals surface area contributed by atoms with E-state index in [-0.39, 0.29) is 23.8 Å². The van der Waals surface area contributed by atoms with Crippen molar-refractivity contribution in [1.29, 1.82) is 0 Å². The summed E-state index contributed by atoms with van der Waals surface area (Å²) < 4.78 is 0. The van der Waals surface area contributed by atoms with Gasteiger partial charge in [-0.25, -0.2) is 0 Å². The molecule has 1 fully saturated rings. The lowest BCUT2D eigenvalue weighted by atomic mass is 10.0. The van der Waals surface area contributed by atoms with Crippen LogP contribution in [0.1, 0.15) is 33.1 Å². The van der Waals surface area contributed by atoms with Gasteiger partial charge in [0, 0.05) is 37.4 Å². The van der Waals surface area contributed by atoms with Crippen LogP contribution in [0.5, 0.6) is 0 Å². The van der Waals surface area contributed by atoms with E-state index in [1.165, 1.54) is 0 Å². The molecule has 1 aliphatic rings. The molecule has 0 atom stereocenters. The summed E-state index contributed by atoms with van der Waals surface area (Å²) >= 11 is 5.54. The van der Waals surface area contributed by atoms with Crippen molar-refractivity contribution in [2.45, 2.75) is 39.2 Å². The topological polar surface area (TPSA) is 49.4 Å². The Balaban J connectivity index is 2.31. The molecule has 0 radical (unpaired) electrons. The second kappa shape index (κ2) is 6.84. The molecule has 0 aromatic rings. The number of piperidine rings is 1. The predicted octanol–water partition coefficient (Wildman–Crippen LogP) is 1.38. The Morgan fingerprint density at radius 2 is 1.94 bits per heavy atom. The van der Waals surface area contributed by atoms with Gasteiger partial charge in [0.05, 0.1) is 0 Å². The van der Waals surface area contributed by atoms with Crippen LogP contribution in [0.25, 0.3) is 0 Å². The lowest BCUT2D eigenvalue weighted by Gasteiger charge is -2.32. The third kappa shape index (κ3) is 4.54. The average molecular weight is 261 g/mol. The second-order valence-electron chi connectivity index (χ2n) is 4.76. The molecule has 0 saturated carbocycles. The first-order valence-electron chi connectivity index (χ1n) is 6.18. The van der Waals surface area contributed by atoms with E-state index in [0.29, 0.717) is 12.3 Å². The molecule has 1 saturated heterocycles. The normalized spacial score (nSPS) is 17.3. The van der Waals surface area contributed by atoms with Crippen LogP contribution in [0, 0.1) is 5.92 Å². The molecule has 98 valence electrons. The van der Waals surface area contributed by atoms with Gasteiger partial charge in [-0.2, -0.15) is 0 Å². The van der Waals surface area contributed by atoms with Gasteiger partial charge in [-0.3, -0.25) is 9.59 Å². The summed E-state index contributed by atoms with van der Waals surface area (Å²) in [5.41, 5.74) is 0. The van der Waals surface area contributed by atoms with Crippen LogP contribution in [0.4, 0.5) is 0 Å². The molecule has 1 heterocycles. The maximum absolute atomic E-state index is 11.6. The molecule has 1 aliphatic heterocycles. The van der Waals surface area contributed by atoms with Gasteiger partial charge in [0.2, 0.25) is 11.8 Å². The zero-order chi connectivity index (χ0) is 12.8. The standard InChI is InChI=1S/C12H21ClN2O2/c1-9(2)12(17)14-10-4-7-15(8-5-10)11(16)3-6-13/h9-10H,3-8H2,1-2H3,(H,14,17). The lowest BCUT2D eigenvalue weighted by molar-refractivity contribution is -0.132. The van der Waals surface area contributed by atoms with Crippen molar-refractivity contribution in [3.8, 4) is 0 Å². The Morgan fingerprint density at radius 3 is 2.41 bits per heavy atom. The second-order valence-corrected chi connectivity index (χ2v) is 5.14. The molecule has 1 N–H and O–H groups in total. The van der Waals surface area contributed by atoms with Crippen LogP contribution in [-0.4, -0.2) is 41.7 Å². The minimum atomic E-state index is 0.0194. The smallest absolute Gasteiger partial charge is 0.223 e. The van der Waals surface area contributed by atoms with Gasteiger partial charge in [-0.05, 0) is 12.8 Å². The number of rotatable bonds is 4. The van der Waals surface area contributed by atoms with Gasteiger partial charge in [-0.1, -0.05) is 13.8 Å². The highest BCUT2D eigenvalue weighted by Crippen LogP contribution is 2.12. The molecule has 0 aromatic carbocycles. The molecule has 0 aliphatic carbocycles. The monoisotopic (exact) mass is 260 g/mol. The van der Waals surface area contributed by atoms with Gasteiger partial charge in [0.15, 0.2) is 0 Å². The Kier molecular flexibility index (Phi) is 5.75. The number of hydrogen-bond acceptors (Lipinski definition) is 2. The van der Waals surface area contributed by atoms with Crippen LogP contribution in [0.3, 0.4) is 0 Å². The molecule has 5 heteroatoms. The molecule has 1 rings (SSSR count). The van der Waals surface area contributed by atoms with Gasteiger partial charge >= 0.3 is 0 Å². The quantitative estimate of drug-likeness (QED) is 0.777. The number of carbonyl (C=O) groups excluding carboxylic acids is 2. The van der Waals surface area contributed by atoms with Crippen LogP contribution in [0.2, 0.25) is 0 Å². The Bertz CT molecular complexity index is 274. The zero-order valence-corrected chi connectivity index (χ0v) is 11.3. The molecule has 4 nitrogen and oxygen atoms in total. The van der Waals surface area contributed by atoms with Crippen LogP contribution < -0.4 is 5.32 Å². The van der Waals surface area contributed by atoms with E-state index in [2.05, 4.69) is 5.32 Å². The molecular weight excluding hydrogens is 240 g/mol. The largest absolute Gasteiger partial charge is 0.353 e. The van der Waals surface area contributed by atoms with E-state index in [0.717, 1.165) is 25.9 Å². The summed E-state index contributed by atoms with van der Waals surface area (Å²) in [6, 6.07) is 0.213. The maximum atomic E-state index is 11.6. The fourth-order valence-corrected chi connectivity index (χ4v) is 2.04. The van der Waals surface area contributed by atoms with Crippen molar-refractivity contribution in [1.82, 2.24) is 10.2 Å². The Labute approximate surface area is 108 Å². The van der Waals surface area contributed by atoms with Crippen molar-refractivity contribution < 1.29 is 9.59 Å². The van der Waals surface area contributed by atoms with E-state index in [1.54, 1.807) is 0 Å². The molecule has 2 amide bonds. The van der Waals surface area contributed by atoms with Crippen molar-refractivity contribution in [2.24, 2.45) is 5.92 Å². The van der Waals surface area contributed by atoms with Gasteiger partial charge in [0.25, 0.3) is 0 Å². The summed E-state index contributed by atoms with van der Waals surface area (Å²) in [7, 11) is 0. The number of halogens is 1. The summed E-state index contributed by atoms with van der Waals surface area (Å²) in [6.07, 6.45) is 2.09. The minimum absolute atomic E-state index is 0.0194. The van der Waals surface area contributed by atoms with Gasteiger partial charge in [0.1, 0.15) is 0 Å². The number of nitrogens with one attached hydrogen (secondary N) is 1. The van der Waals surface area contributed by atoms with E-state index in [9.17, 15) is 9.59 Å². The summed E-state index contributed by atoms with van der Waals surface area (Å²) in [5.74, 6) is 0.609. The van der Waals surface area contributed by atoms with E-state index >= 15 is 0 Å². The first kappa shape index (κ1) is 14.3. The number of amides is 2. The molecule has 0 spiro atoms. The van der Waals surface area contributed by atoms with Gasteiger partial charge in [-0.15, -0.1) is 11.6 Å². The van der Waals surface area contributed by atoms with Crippen LogP contribution in [0.15, 0.2) is 0 Å². The highest BCUT2D eigenvalue weighted by molar-refractivity contribution is 6.18. The third-order valence-corrected chi connectivity index (χ3v) is 3.22. The number of carbonyl (C=O) groups is 2. The number of nitrogens with zero attached hydrogens (tertiary/aromatic N) is 1. The van der Waals surface area contributed by atoms with Crippen LogP contribution in [-0.2, 0) is 9.59 Å².